The monoisotopic (exact) mass is 291 g/mol. The number of para-hydroxylation sites is 1. The van der Waals surface area contributed by atoms with Gasteiger partial charge in [-0.1, -0.05) is 31.4 Å². The number of ether oxygens (including phenoxy) is 1. The smallest absolute Gasteiger partial charge is 0.311 e. The average Bonchev–Trinajstić information content (AvgIpc) is 2.53. The number of methoxy groups -OCH3 is 1. The van der Waals surface area contributed by atoms with Gasteiger partial charge < -0.3 is 15.2 Å². The molecule has 1 saturated carbocycles. The van der Waals surface area contributed by atoms with Gasteiger partial charge in [-0.05, 0) is 25.0 Å². The van der Waals surface area contributed by atoms with E-state index in [2.05, 4.69) is 5.32 Å². The van der Waals surface area contributed by atoms with Crippen LogP contribution in [0.4, 0.5) is 0 Å². The molecule has 1 aromatic rings. The fraction of sp³-hybridized carbons (Fsp3) is 0.500. The molecule has 0 aliphatic heterocycles. The molecule has 1 amide bonds. The Morgan fingerprint density at radius 2 is 1.90 bits per heavy atom. The second kappa shape index (κ2) is 6.61. The first-order valence-electron chi connectivity index (χ1n) is 7.24. The lowest BCUT2D eigenvalue weighted by molar-refractivity contribution is -0.150. The van der Waals surface area contributed by atoms with Crippen molar-refractivity contribution in [1.29, 1.82) is 0 Å². The van der Waals surface area contributed by atoms with Crippen LogP contribution in [0.3, 0.4) is 0 Å². The lowest BCUT2D eigenvalue weighted by Crippen LogP contribution is -2.44. The molecule has 5 nitrogen and oxygen atoms in total. The minimum Gasteiger partial charge on any atom is -0.496 e. The van der Waals surface area contributed by atoms with E-state index in [0.29, 0.717) is 24.2 Å². The van der Waals surface area contributed by atoms with Crippen LogP contribution in [-0.2, 0) is 4.79 Å². The molecule has 1 aliphatic carbocycles. The van der Waals surface area contributed by atoms with E-state index in [1.54, 1.807) is 24.3 Å². The number of carboxylic acids is 1. The van der Waals surface area contributed by atoms with E-state index in [1.807, 2.05) is 0 Å². The number of carbonyl (C=O) groups is 2. The predicted molar refractivity (Wildman–Crippen MR) is 78.5 cm³/mol. The second-order valence-electron chi connectivity index (χ2n) is 5.53. The van der Waals surface area contributed by atoms with Gasteiger partial charge in [0, 0.05) is 6.54 Å². The van der Waals surface area contributed by atoms with Gasteiger partial charge in [0.1, 0.15) is 5.75 Å². The normalized spacial score (nSPS) is 17.0. The molecular weight excluding hydrogens is 270 g/mol. The highest BCUT2D eigenvalue weighted by Gasteiger charge is 2.39. The summed E-state index contributed by atoms with van der Waals surface area (Å²) in [7, 11) is 1.51. The first-order valence-corrected chi connectivity index (χ1v) is 7.24. The Kier molecular flexibility index (Phi) is 4.83. The molecule has 114 valence electrons. The minimum atomic E-state index is -0.823. The Morgan fingerprint density at radius 1 is 1.24 bits per heavy atom. The quantitative estimate of drug-likeness (QED) is 0.873. The van der Waals surface area contributed by atoms with Crippen LogP contribution in [0, 0.1) is 5.41 Å². The highest BCUT2D eigenvalue weighted by atomic mass is 16.5. The number of amides is 1. The van der Waals surface area contributed by atoms with Crippen molar-refractivity contribution >= 4 is 11.9 Å². The third-order valence-electron chi connectivity index (χ3n) is 4.20. The van der Waals surface area contributed by atoms with Crippen LogP contribution < -0.4 is 10.1 Å². The number of nitrogens with one attached hydrogen (secondary N) is 1. The molecule has 0 bridgehead atoms. The maximum absolute atomic E-state index is 12.2. The van der Waals surface area contributed by atoms with Crippen molar-refractivity contribution < 1.29 is 19.4 Å². The van der Waals surface area contributed by atoms with Crippen molar-refractivity contribution in [2.75, 3.05) is 13.7 Å². The lowest BCUT2D eigenvalue weighted by Gasteiger charge is -2.33. The number of aliphatic carboxylic acids is 1. The number of benzene rings is 1. The SMILES string of the molecule is COc1ccccc1C(=O)NCC1(C(=O)O)CCCCC1. The summed E-state index contributed by atoms with van der Waals surface area (Å²) in [5, 5.41) is 12.3. The highest BCUT2D eigenvalue weighted by Crippen LogP contribution is 2.36. The van der Waals surface area contributed by atoms with Crippen LogP contribution in [0.5, 0.6) is 5.75 Å². The van der Waals surface area contributed by atoms with E-state index in [1.165, 1.54) is 7.11 Å². The number of carbonyl (C=O) groups excluding carboxylic acids is 1. The first-order chi connectivity index (χ1) is 10.1. The maximum atomic E-state index is 12.2. The van der Waals surface area contributed by atoms with E-state index in [4.69, 9.17) is 4.74 Å². The van der Waals surface area contributed by atoms with E-state index in [0.717, 1.165) is 19.3 Å². The Balaban J connectivity index is 2.07. The summed E-state index contributed by atoms with van der Waals surface area (Å²) in [4.78, 5) is 23.8. The van der Waals surface area contributed by atoms with Crippen molar-refractivity contribution in [1.82, 2.24) is 5.32 Å². The van der Waals surface area contributed by atoms with Crippen molar-refractivity contribution in [3.8, 4) is 5.75 Å². The zero-order valence-corrected chi connectivity index (χ0v) is 12.2. The molecular formula is C16H21NO4. The molecule has 0 spiro atoms. The second-order valence-corrected chi connectivity index (χ2v) is 5.53. The zero-order chi connectivity index (χ0) is 15.3. The maximum Gasteiger partial charge on any atom is 0.311 e. The summed E-state index contributed by atoms with van der Waals surface area (Å²) in [6.07, 6.45) is 4.10. The topological polar surface area (TPSA) is 75.6 Å². The first kappa shape index (κ1) is 15.4. The molecule has 0 aromatic heterocycles. The molecule has 0 heterocycles. The molecule has 0 radical (unpaired) electrons. The zero-order valence-electron chi connectivity index (χ0n) is 12.2. The third kappa shape index (κ3) is 3.35. The van der Waals surface area contributed by atoms with Crippen LogP contribution in [0.2, 0.25) is 0 Å². The van der Waals surface area contributed by atoms with E-state index < -0.39 is 11.4 Å². The van der Waals surface area contributed by atoms with Crippen molar-refractivity contribution in [3.63, 3.8) is 0 Å². The van der Waals surface area contributed by atoms with Gasteiger partial charge in [-0.25, -0.2) is 0 Å². The van der Waals surface area contributed by atoms with E-state index in [-0.39, 0.29) is 12.5 Å². The summed E-state index contributed by atoms with van der Waals surface area (Å²) in [5.74, 6) is -0.621. The standard InChI is InChI=1S/C16H21NO4/c1-21-13-8-4-3-7-12(13)14(18)17-11-16(15(19)20)9-5-2-6-10-16/h3-4,7-8H,2,5-6,9-11H2,1H3,(H,17,18)(H,19,20). The Hall–Kier alpha value is -2.04. The minimum absolute atomic E-state index is 0.166. The molecule has 0 atom stereocenters. The highest BCUT2D eigenvalue weighted by molar-refractivity contribution is 5.97. The average molecular weight is 291 g/mol. The summed E-state index contributed by atoms with van der Waals surface area (Å²) < 4.78 is 5.15. The molecule has 1 aliphatic rings. The fourth-order valence-electron chi connectivity index (χ4n) is 2.87. The summed E-state index contributed by atoms with van der Waals surface area (Å²) in [6, 6.07) is 6.92. The van der Waals surface area contributed by atoms with Gasteiger partial charge in [-0.3, -0.25) is 9.59 Å². The molecule has 1 aromatic carbocycles. The summed E-state index contributed by atoms with van der Waals surface area (Å²) in [6.45, 7) is 0.166. The summed E-state index contributed by atoms with van der Waals surface area (Å²) >= 11 is 0. The number of hydrogen-bond donors (Lipinski definition) is 2. The third-order valence-corrected chi connectivity index (χ3v) is 4.20. The van der Waals surface area contributed by atoms with Crippen LogP contribution >= 0.6 is 0 Å². The summed E-state index contributed by atoms with van der Waals surface area (Å²) in [5.41, 5.74) is -0.396. The van der Waals surface area contributed by atoms with Gasteiger partial charge in [0.2, 0.25) is 0 Å². The molecule has 21 heavy (non-hydrogen) atoms. The van der Waals surface area contributed by atoms with Crippen molar-refractivity contribution in [3.05, 3.63) is 29.8 Å². The van der Waals surface area contributed by atoms with Gasteiger partial charge in [0.05, 0.1) is 18.1 Å². The van der Waals surface area contributed by atoms with Gasteiger partial charge in [0.15, 0.2) is 0 Å². The van der Waals surface area contributed by atoms with Gasteiger partial charge >= 0.3 is 5.97 Å². The van der Waals surface area contributed by atoms with Crippen LogP contribution in [0.15, 0.2) is 24.3 Å². The number of hydrogen-bond acceptors (Lipinski definition) is 3. The Morgan fingerprint density at radius 3 is 2.52 bits per heavy atom. The largest absolute Gasteiger partial charge is 0.496 e. The van der Waals surface area contributed by atoms with Crippen LogP contribution in [0.25, 0.3) is 0 Å². The molecule has 0 unspecified atom stereocenters. The number of rotatable bonds is 5. The van der Waals surface area contributed by atoms with Gasteiger partial charge in [-0.15, -0.1) is 0 Å². The molecule has 1 fully saturated rings. The Bertz CT molecular complexity index is 521. The van der Waals surface area contributed by atoms with E-state index >= 15 is 0 Å². The van der Waals surface area contributed by atoms with Gasteiger partial charge in [0.25, 0.3) is 5.91 Å². The van der Waals surface area contributed by atoms with Crippen molar-refractivity contribution in [2.24, 2.45) is 5.41 Å². The molecule has 5 heteroatoms. The van der Waals surface area contributed by atoms with Crippen LogP contribution in [0.1, 0.15) is 42.5 Å². The van der Waals surface area contributed by atoms with E-state index in [9.17, 15) is 14.7 Å². The number of carboxylic acid groups (broad SMARTS) is 1. The lowest BCUT2D eigenvalue weighted by atomic mass is 9.74. The van der Waals surface area contributed by atoms with Crippen LogP contribution in [-0.4, -0.2) is 30.6 Å². The fourth-order valence-corrected chi connectivity index (χ4v) is 2.87. The molecule has 0 saturated heterocycles. The Labute approximate surface area is 124 Å². The van der Waals surface area contributed by atoms with Crippen molar-refractivity contribution in [2.45, 2.75) is 32.1 Å². The molecule has 2 rings (SSSR count). The predicted octanol–water partition coefficient (Wildman–Crippen LogP) is 2.46. The molecule has 2 N–H and O–H groups in total. The van der Waals surface area contributed by atoms with Gasteiger partial charge in [-0.2, -0.15) is 0 Å².